The van der Waals surface area contributed by atoms with E-state index in [1.807, 2.05) is 25.1 Å². The van der Waals surface area contributed by atoms with E-state index in [0.717, 1.165) is 0 Å². The molecule has 0 bridgehead atoms. The van der Waals surface area contributed by atoms with E-state index in [1.165, 1.54) is 10.4 Å². The Hall–Kier alpha value is -1.96. The summed E-state index contributed by atoms with van der Waals surface area (Å²) in [6.45, 7) is 20.2. The van der Waals surface area contributed by atoms with Gasteiger partial charge in [0.2, 0.25) is 0 Å². The number of hydrogen-bond donors (Lipinski definition) is 0. The molecule has 5 heteroatoms. The van der Waals surface area contributed by atoms with Crippen LogP contribution in [0.25, 0.3) is 0 Å². The summed E-state index contributed by atoms with van der Waals surface area (Å²) >= 11 is 0. The zero-order chi connectivity index (χ0) is 24.0. The van der Waals surface area contributed by atoms with Crippen molar-refractivity contribution in [3.63, 3.8) is 0 Å². The summed E-state index contributed by atoms with van der Waals surface area (Å²) in [7, 11) is -4.55. The van der Waals surface area contributed by atoms with E-state index in [0.29, 0.717) is 13.2 Å². The van der Waals surface area contributed by atoms with E-state index in [9.17, 15) is 4.79 Å². The van der Waals surface area contributed by atoms with Crippen molar-refractivity contribution in [1.82, 2.24) is 0 Å². The van der Waals surface area contributed by atoms with Crippen LogP contribution in [0.3, 0.4) is 0 Å². The van der Waals surface area contributed by atoms with Crippen LogP contribution in [0.5, 0.6) is 0 Å². The van der Waals surface area contributed by atoms with Crippen LogP contribution in [0.4, 0.5) is 0 Å². The number of benzene rings is 2. The number of esters is 1. The molecule has 2 rings (SSSR count). The second-order valence-electron chi connectivity index (χ2n) is 10.5. The fraction of sp³-hybridized carbons (Fsp3) is 0.444. The topological polar surface area (TPSA) is 35.5 Å². The SMILES string of the molecule is C=CC(CO[Si](c1ccccc1)(c1ccccc1)C(C)(C)C)C(C(=O)OCC)[Si](C)(C)C. The highest BCUT2D eigenvalue weighted by Gasteiger charge is 2.51. The Morgan fingerprint density at radius 2 is 1.44 bits per heavy atom. The largest absolute Gasteiger partial charge is 0.466 e. The third-order valence-electron chi connectivity index (χ3n) is 6.11. The van der Waals surface area contributed by atoms with Crippen molar-refractivity contribution in [2.75, 3.05) is 13.2 Å². The van der Waals surface area contributed by atoms with Gasteiger partial charge >= 0.3 is 5.97 Å². The average molecular weight is 469 g/mol. The van der Waals surface area contributed by atoms with Gasteiger partial charge in [-0.15, -0.1) is 6.58 Å². The van der Waals surface area contributed by atoms with Crippen LogP contribution in [0.2, 0.25) is 30.2 Å². The minimum absolute atomic E-state index is 0.0950. The third kappa shape index (κ3) is 5.69. The number of rotatable bonds is 10. The minimum Gasteiger partial charge on any atom is -0.466 e. The van der Waals surface area contributed by atoms with Crippen LogP contribution >= 0.6 is 0 Å². The second kappa shape index (κ2) is 10.8. The Bertz CT molecular complexity index is 828. The van der Waals surface area contributed by atoms with Crippen molar-refractivity contribution >= 4 is 32.7 Å². The molecule has 0 aliphatic carbocycles. The smallest absolute Gasteiger partial charge is 0.306 e. The monoisotopic (exact) mass is 468 g/mol. The molecule has 2 aromatic carbocycles. The van der Waals surface area contributed by atoms with Crippen molar-refractivity contribution in [1.29, 1.82) is 0 Å². The van der Waals surface area contributed by atoms with E-state index in [2.05, 4.69) is 95.5 Å². The lowest BCUT2D eigenvalue weighted by Crippen LogP contribution is -2.67. The Balaban J connectivity index is 2.57. The van der Waals surface area contributed by atoms with Gasteiger partial charge in [0.15, 0.2) is 0 Å². The second-order valence-corrected chi connectivity index (χ2v) is 20.1. The molecule has 0 amide bonds. The normalized spacial score (nSPS) is 14.5. The first kappa shape index (κ1) is 26.3. The maximum absolute atomic E-state index is 13.0. The maximum atomic E-state index is 13.0. The maximum Gasteiger partial charge on any atom is 0.306 e. The summed E-state index contributed by atoms with van der Waals surface area (Å²) in [5.74, 6) is -0.218. The van der Waals surface area contributed by atoms with E-state index >= 15 is 0 Å². The molecule has 0 aliphatic heterocycles. The zero-order valence-electron chi connectivity index (χ0n) is 20.9. The molecular weight excluding hydrogens is 428 g/mol. The number of carbonyl (C=O) groups is 1. The Morgan fingerprint density at radius 3 is 1.78 bits per heavy atom. The highest BCUT2D eigenvalue weighted by molar-refractivity contribution is 6.99. The highest BCUT2D eigenvalue weighted by Crippen LogP contribution is 2.39. The zero-order valence-corrected chi connectivity index (χ0v) is 22.9. The first-order valence-corrected chi connectivity index (χ1v) is 17.0. The first-order chi connectivity index (χ1) is 15.0. The molecule has 0 fully saturated rings. The van der Waals surface area contributed by atoms with Crippen molar-refractivity contribution in [2.24, 2.45) is 5.92 Å². The van der Waals surface area contributed by atoms with Crippen LogP contribution in [0.15, 0.2) is 73.3 Å². The molecular formula is C27H40O3Si2. The summed E-state index contributed by atoms with van der Waals surface area (Å²) in [6.07, 6.45) is 1.90. The molecule has 0 spiro atoms. The fourth-order valence-electron chi connectivity index (χ4n) is 4.69. The van der Waals surface area contributed by atoms with E-state index in [4.69, 9.17) is 9.16 Å². The summed E-state index contributed by atoms with van der Waals surface area (Å²) < 4.78 is 12.6. The van der Waals surface area contributed by atoms with Crippen LogP contribution in [0, 0.1) is 5.92 Å². The molecule has 2 atom stereocenters. The van der Waals surface area contributed by atoms with Crippen LogP contribution < -0.4 is 10.4 Å². The lowest BCUT2D eigenvalue weighted by atomic mass is 10.1. The highest BCUT2D eigenvalue weighted by atomic mass is 28.4. The van der Waals surface area contributed by atoms with Gasteiger partial charge in [-0.1, -0.05) is 107 Å². The standard InChI is InChI=1S/C27H40O3Si2/c1-9-22(25(31(6,7)8)26(28)29-10-2)21-30-32(27(3,4)5,23-17-13-11-14-18-23)24-19-15-12-16-20-24/h9,11-20,22,25H,1,10,21H2,2-8H3. The fourth-order valence-corrected chi connectivity index (χ4v) is 11.6. The average Bonchev–Trinajstić information content (AvgIpc) is 2.73. The van der Waals surface area contributed by atoms with Crippen molar-refractivity contribution in [2.45, 2.75) is 57.9 Å². The Morgan fingerprint density at radius 1 is 0.969 bits per heavy atom. The lowest BCUT2D eigenvalue weighted by molar-refractivity contribution is -0.144. The molecule has 2 unspecified atom stereocenters. The van der Waals surface area contributed by atoms with Gasteiger partial charge in [0.05, 0.1) is 20.2 Å². The van der Waals surface area contributed by atoms with Gasteiger partial charge in [-0.05, 0) is 22.3 Å². The predicted octanol–water partition coefficient (Wildman–Crippen LogP) is 5.64. The molecule has 174 valence electrons. The number of carbonyl (C=O) groups excluding carboxylic acids is 1. The molecule has 0 aromatic heterocycles. The minimum atomic E-state index is -2.67. The lowest BCUT2D eigenvalue weighted by Gasteiger charge is -2.44. The van der Waals surface area contributed by atoms with Crippen LogP contribution in [-0.4, -0.2) is 35.6 Å². The van der Waals surface area contributed by atoms with Gasteiger partial charge in [-0.25, -0.2) is 0 Å². The Kier molecular flexibility index (Phi) is 8.85. The molecule has 0 saturated heterocycles. The van der Waals surface area contributed by atoms with Crippen molar-refractivity contribution in [3.05, 3.63) is 73.3 Å². The molecule has 3 nitrogen and oxygen atoms in total. The molecule has 0 saturated carbocycles. The number of ether oxygens (including phenoxy) is 1. The van der Waals surface area contributed by atoms with Gasteiger partial charge in [-0.2, -0.15) is 0 Å². The quantitative estimate of drug-likeness (QED) is 0.257. The van der Waals surface area contributed by atoms with Gasteiger partial charge in [0.1, 0.15) is 0 Å². The molecule has 0 radical (unpaired) electrons. The molecule has 32 heavy (non-hydrogen) atoms. The molecule has 0 N–H and O–H groups in total. The summed E-state index contributed by atoms with van der Waals surface area (Å²) in [5.41, 5.74) is -0.196. The first-order valence-electron chi connectivity index (χ1n) is 11.5. The molecule has 2 aromatic rings. The third-order valence-corrected chi connectivity index (χ3v) is 13.6. The van der Waals surface area contributed by atoms with Gasteiger partial charge in [-0.3, -0.25) is 4.79 Å². The predicted molar refractivity (Wildman–Crippen MR) is 141 cm³/mol. The van der Waals surface area contributed by atoms with Gasteiger partial charge in [0.25, 0.3) is 8.32 Å². The van der Waals surface area contributed by atoms with Gasteiger partial charge < -0.3 is 9.16 Å². The van der Waals surface area contributed by atoms with E-state index < -0.39 is 16.4 Å². The molecule has 0 aliphatic rings. The van der Waals surface area contributed by atoms with Crippen LogP contribution in [0.1, 0.15) is 27.7 Å². The summed E-state index contributed by atoms with van der Waals surface area (Å²) in [6, 6.07) is 21.2. The van der Waals surface area contributed by atoms with E-state index in [1.54, 1.807) is 0 Å². The summed E-state index contributed by atoms with van der Waals surface area (Å²) in [4.78, 5) is 13.0. The van der Waals surface area contributed by atoms with E-state index in [-0.39, 0.29) is 22.5 Å². The van der Waals surface area contributed by atoms with Crippen LogP contribution in [-0.2, 0) is 14.0 Å². The molecule has 0 heterocycles. The van der Waals surface area contributed by atoms with Crippen molar-refractivity contribution in [3.8, 4) is 0 Å². The Labute approximate surface area is 197 Å². The number of hydrogen-bond acceptors (Lipinski definition) is 3. The van der Waals surface area contributed by atoms with Crippen molar-refractivity contribution < 1.29 is 14.0 Å². The van der Waals surface area contributed by atoms with Gasteiger partial charge in [0, 0.05) is 12.5 Å². The summed E-state index contributed by atoms with van der Waals surface area (Å²) in [5, 5.41) is 2.37.